The number of nitrogens with zero attached hydrogens (tertiary/aromatic N) is 2. The highest BCUT2D eigenvalue weighted by Crippen LogP contribution is 2.32. The van der Waals surface area contributed by atoms with Gasteiger partial charge in [0.1, 0.15) is 4.47 Å². The summed E-state index contributed by atoms with van der Waals surface area (Å²) >= 11 is 12.4. The third-order valence-electron chi connectivity index (χ3n) is 1.57. The highest BCUT2D eigenvalue weighted by molar-refractivity contribution is 9.25. The Balaban J connectivity index is 3.48. The lowest BCUT2D eigenvalue weighted by Gasteiger charge is -2.18. The normalized spacial score (nSPS) is 11.5. The van der Waals surface area contributed by atoms with Gasteiger partial charge in [-0.05, 0) is 70.6 Å². The van der Waals surface area contributed by atoms with E-state index in [1.807, 2.05) is 0 Å². The number of carbonyl (C=O) groups is 1. The van der Waals surface area contributed by atoms with Crippen LogP contribution in [0.25, 0.3) is 0 Å². The zero-order valence-electron chi connectivity index (χ0n) is 7.30. The first-order valence-electron chi connectivity index (χ1n) is 3.61. The van der Waals surface area contributed by atoms with Gasteiger partial charge in [-0.25, -0.2) is 0 Å². The smallest absolute Gasteiger partial charge is 0.284 e. The first-order chi connectivity index (χ1) is 6.78. The molecule has 0 bridgehead atoms. The van der Waals surface area contributed by atoms with Gasteiger partial charge < -0.3 is 0 Å². The Labute approximate surface area is 119 Å². The van der Waals surface area contributed by atoms with Gasteiger partial charge in [0.25, 0.3) is 5.56 Å². The molecule has 1 aromatic rings. The summed E-state index contributed by atoms with van der Waals surface area (Å²) in [5.74, 6) is -0.286. The summed E-state index contributed by atoms with van der Waals surface area (Å²) in [6.45, 7) is 1.34. The average molecular weight is 468 g/mol. The molecule has 0 aliphatic heterocycles. The van der Waals surface area contributed by atoms with Crippen molar-refractivity contribution in [2.24, 2.45) is 0 Å². The largest absolute Gasteiger partial charge is 0.295 e. The van der Waals surface area contributed by atoms with Gasteiger partial charge >= 0.3 is 0 Å². The summed E-state index contributed by atoms with van der Waals surface area (Å²) in [6.07, 6.45) is 1.42. The molecule has 0 aromatic carbocycles. The Morgan fingerprint density at radius 3 is 2.47 bits per heavy atom. The van der Waals surface area contributed by atoms with E-state index >= 15 is 0 Å². The van der Waals surface area contributed by atoms with Gasteiger partial charge in [-0.15, -0.1) is 0 Å². The van der Waals surface area contributed by atoms with Crippen molar-refractivity contribution in [3.63, 3.8) is 0 Å². The zero-order chi connectivity index (χ0) is 11.8. The van der Waals surface area contributed by atoms with E-state index in [2.05, 4.69) is 68.8 Å². The number of rotatable bonds is 2. The summed E-state index contributed by atoms with van der Waals surface area (Å²) in [7, 11) is 0. The fourth-order valence-electron chi connectivity index (χ4n) is 0.762. The maximum absolute atomic E-state index is 11.8. The van der Waals surface area contributed by atoms with Crippen LogP contribution >= 0.6 is 63.7 Å². The Bertz CT molecular complexity index is 469. The summed E-state index contributed by atoms with van der Waals surface area (Å²) < 4.78 is 0.537. The first-order valence-corrected chi connectivity index (χ1v) is 6.78. The summed E-state index contributed by atoms with van der Waals surface area (Å²) in [5.41, 5.74) is -0.423. The molecule has 15 heavy (non-hydrogen) atoms. The minimum Gasteiger partial charge on any atom is -0.295 e. The van der Waals surface area contributed by atoms with E-state index in [-0.39, 0.29) is 5.78 Å². The van der Waals surface area contributed by atoms with Crippen LogP contribution in [0, 0.1) is 0 Å². The van der Waals surface area contributed by atoms with Gasteiger partial charge in [0.15, 0.2) is 5.78 Å². The molecule has 1 rings (SSSR count). The Kier molecular flexibility index (Phi) is 4.30. The van der Waals surface area contributed by atoms with Crippen LogP contribution in [-0.2, 0) is 8.15 Å². The summed E-state index contributed by atoms with van der Waals surface area (Å²) in [4.78, 5) is 23.0. The lowest BCUT2D eigenvalue weighted by atomic mass is 10.4. The second-order valence-electron chi connectivity index (χ2n) is 2.62. The molecule has 0 saturated heterocycles. The minimum atomic E-state index is -1.31. The van der Waals surface area contributed by atoms with E-state index in [4.69, 9.17) is 0 Å². The van der Waals surface area contributed by atoms with Crippen LogP contribution in [0.4, 0.5) is 0 Å². The number of hydrogen-bond donors (Lipinski definition) is 0. The van der Waals surface area contributed by atoms with Gasteiger partial charge in [0.05, 0.1) is 10.7 Å². The maximum Gasteiger partial charge on any atom is 0.284 e. The Hall–Kier alpha value is 0.470. The molecule has 0 aliphatic carbocycles. The van der Waals surface area contributed by atoms with Crippen LogP contribution < -0.4 is 5.56 Å². The number of ketones is 1. The van der Waals surface area contributed by atoms with Crippen molar-refractivity contribution in [1.29, 1.82) is 0 Å². The van der Waals surface area contributed by atoms with E-state index < -0.39 is 8.92 Å². The topological polar surface area (TPSA) is 52.0 Å². The number of halogens is 4. The van der Waals surface area contributed by atoms with E-state index in [0.717, 1.165) is 4.68 Å². The predicted octanol–water partition coefficient (Wildman–Crippen LogP) is 2.76. The van der Waals surface area contributed by atoms with Crippen LogP contribution in [0.2, 0.25) is 0 Å². The second-order valence-corrected chi connectivity index (χ2v) is 7.63. The quantitative estimate of drug-likeness (QED) is 0.629. The molecular weight excluding hydrogens is 464 g/mol. The third-order valence-corrected chi connectivity index (χ3v) is 5.25. The highest BCUT2D eigenvalue weighted by Gasteiger charge is 2.33. The molecule has 0 radical (unpaired) electrons. The molecule has 0 fully saturated rings. The molecule has 0 N–H and O–H groups in total. The molecule has 82 valence electrons. The Morgan fingerprint density at radius 2 is 2.00 bits per heavy atom. The monoisotopic (exact) mass is 464 g/mol. The fourth-order valence-corrected chi connectivity index (χ4v) is 1.80. The predicted molar refractivity (Wildman–Crippen MR) is 70.4 cm³/mol. The van der Waals surface area contributed by atoms with E-state index in [9.17, 15) is 9.59 Å². The highest BCUT2D eigenvalue weighted by atomic mass is 79.9. The van der Waals surface area contributed by atoms with E-state index in [1.54, 1.807) is 0 Å². The minimum absolute atomic E-state index is 0.286. The van der Waals surface area contributed by atoms with Crippen LogP contribution in [0.5, 0.6) is 0 Å². The van der Waals surface area contributed by atoms with Crippen molar-refractivity contribution in [3.05, 3.63) is 25.5 Å². The van der Waals surface area contributed by atoms with Crippen LogP contribution in [0.1, 0.15) is 6.92 Å². The zero-order valence-corrected chi connectivity index (χ0v) is 13.6. The van der Waals surface area contributed by atoms with Gasteiger partial charge in [0.2, 0.25) is 3.36 Å². The molecule has 1 aromatic heterocycles. The number of alkyl halides is 2. The van der Waals surface area contributed by atoms with Crippen LogP contribution in [0.15, 0.2) is 19.9 Å². The second kappa shape index (κ2) is 4.77. The molecule has 0 spiro atoms. The van der Waals surface area contributed by atoms with E-state index in [0.29, 0.717) is 8.95 Å². The van der Waals surface area contributed by atoms with Crippen LogP contribution in [0.3, 0.4) is 0 Å². The SMILES string of the molecule is CC(=O)C(Br)(Br)n1ncc(Br)c(Br)c1=O. The third kappa shape index (κ3) is 2.59. The lowest BCUT2D eigenvalue weighted by molar-refractivity contribution is -0.118. The average Bonchev–Trinajstić information content (AvgIpc) is 2.13. The molecule has 0 unspecified atom stereocenters. The molecule has 0 saturated carbocycles. The van der Waals surface area contributed by atoms with Crippen molar-refractivity contribution >= 4 is 69.5 Å². The van der Waals surface area contributed by atoms with Crippen molar-refractivity contribution in [1.82, 2.24) is 9.78 Å². The number of aromatic nitrogens is 2. The standard InChI is InChI=1S/C7H4Br4N2O2/c1-3(14)7(10,11)13-6(15)5(9)4(8)2-12-13/h2H,1H3. The first kappa shape index (κ1) is 13.5. The number of hydrogen-bond acceptors (Lipinski definition) is 3. The molecule has 0 atom stereocenters. The van der Waals surface area contributed by atoms with Crippen molar-refractivity contribution < 1.29 is 4.79 Å². The van der Waals surface area contributed by atoms with Gasteiger partial charge in [-0.1, -0.05) is 0 Å². The van der Waals surface area contributed by atoms with Crippen LogP contribution in [-0.4, -0.2) is 15.6 Å². The van der Waals surface area contributed by atoms with Gasteiger partial charge in [-0.3, -0.25) is 9.59 Å². The lowest BCUT2D eigenvalue weighted by Crippen LogP contribution is -2.38. The van der Waals surface area contributed by atoms with Crippen molar-refractivity contribution in [2.75, 3.05) is 0 Å². The van der Waals surface area contributed by atoms with Gasteiger partial charge in [-0.2, -0.15) is 9.78 Å². The summed E-state index contributed by atoms with van der Waals surface area (Å²) in [6, 6.07) is 0. The molecule has 0 amide bonds. The van der Waals surface area contributed by atoms with Crippen molar-refractivity contribution in [2.45, 2.75) is 10.3 Å². The molecule has 4 nitrogen and oxygen atoms in total. The van der Waals surface area contributed by atoms with Gasteiger partial charge in [0, 0.05) is 0 Å². The Morgan fingerprint density at radius 1 is 1.47 bits per heavy atom. The summed E-state index contributed by atoms with van der Waals surface area (Å²) in [5, 5.41) is 3.84. The number of carbonyl (C=O) groups excluding carboxylic acids is 1. The van der Waals surface area contributed by atoms with Crippen molar-refractivity contribution in [3.8, 4) is 0 Å². The molecule has 8 heteroatoms. The maximum atomic E-state index is 11.8. The molecule has 0 aliphatic rings. The van der Waals surface area contributed by atoms with E-state index in [1.165, 1.54) is 13.1 Å². The fraction of sp³-hybridized carbons (Fsp3) is 0.286. The molecule has 1 heterocycles. The molecular formula is C7H4Br4N2O2. The number of Topliss-reactive ketones (excluding diaryl/α,β-unsaturated/α-hetero) is 1.